The second-order valence-corrected chi connectivity index (χ2v) is 10.1. The van der Waals surface area contributed by atoms with Gasteiger partial charge in [-0.1, -0.05) is 0 Å². The fourth-order valence-corrected chi connectivity index (χ4v) is 5.73. The number of rotatable bonds is 6. The first-order chi connectivity index (χ1) is 16.3. The molecule has 3 aromatic heterocycles. The highest BCUT2D eigenvalue weighted by atomic mass is 32.1. The van der Waals surface area contributed by atoms with E-state index in [4.69, 9.17) is 4.74 Å². The molecule has 0 saturated carbocycles. The minimum atomic E-state index is -0.549. The number of hydrogen-bond acceptors (Lipinski definition) is 9. The van der Waals surface area contributed by atoms with Crippen LogP contribution < -0.4 is 5.32 Å². The minimum Gasteiger partial charge on any atom is -0.460 e. The highest BCUT2D eigenvalue weighted by Crippen LogP contribution is 2.32. The Morgan fingerprint density at radius 2 is 1.91 bits per heavy atom. The van der Waals surface area contributed by atoms with E-state index in [0.29, 0.717) is 23.7 Å². The van der Waals surface area contributed by atoms with Gasteiger partial charge in [-0.25, -0.2) is 19.7 Å². The number of anilines is 1. The topological polar surface area (TPSA) is 119 Å². The fourth-order valence-electron chi connectivity index (χ4n) is 3.87. The van der Waals surface area contributed by atoms with Crippen molar-refractivity contribution in [3.63, 3.8) is 0 Å². The van der Waals surface area contributed by atoms with E-state index in [2.05, 4.69) is 20.3 Å². The van der Waals surface area contributed by atoms with E-state index < -0.39 is 5.97 Å². The zero-order valence-electron chi connectivity index (χ0n) is 19.5. The number of thiazole rings is 2. The van der Waals surface area contributed by atoms with Gasteiger partial charge in [-0.05, 0) is 33.6 Å². The number of aromatic nitrogens is 4. The molecule has 1 fully saturated rings. The molecular weight excluding hydrogens is 476 g/mol. The van der Waals surface area contributed by atoms with E-state index >= 15 is 0 Å². The Balaban J connectivity index is 1.35. The van der Waals surface area contributed by atoms with Gasteiger partial charge in [0.25, 0.3) is 11.8 Å². The Kier molecular flexibility index (Phi) is 7.08. The van der Waals surface area contributed by atoms with Gasteiger partial charge in [0.15, 0.2) is 5.82 Å². The van der Waals surface area contributed by atoms with Gasteiger partial charge in [-0.15, -0.1) is 22.7 Å². The average Bonchev–Trinajstić information content (AvgIpc) is 3.52. The van der Waals surface area contributed by atoms with Crippen molar-refractivity contribution in [2.45, 2.75) is 39.5 Å². The van der Waals surface area contributed by atoms with Crippen LogP contribution >= 0.6 is 22.7 Å². The molecule has 2 amide bonds. The van der Waals surface area contributed by atoms with E-state index in [-0.39, 0.29) is 36.0 Å². The maximum Gasteiger partial charge on any atom is 0.374 e. The quantitative estimate of drug-likeness (QED) is 0.513. The van der Waals surface area contributed by atoms with Crippen LogP contribution in [0.2, 0.25) is 0 Å². The number of amides is 2. The van der Waals surface area contributed by atoms with Crippen molar-refractivity contribution in [3.8, 4) is 0 Å². The van der Waals surface area contributed by atoms with Gasteiger partial charge in [0.1, 0.15) is 10.6 Å². The van der Waals surface area contributed by atoms with Gasteiger partial charge >= 0.3 is 5.97 Å². The number of imidazole rings is 1. The molecule has 1 N–H and O–H groups in total. The molecule has 0 aromatic carbocycles. The highest BCUT2D eigenvalue weighted by Gasteiger charge is 2.28. The first-order valence-corrected chi connectivity index (χ1v) is 12.7. The van der Waals surface area contributed by atoms with Crippen LogP contribution in [0.1, 0.15) is 72.2 Å². The van der Waals surface area contributed by atoms with Crippen molar-refractivity contribution in [3.05, 3.63) is 43.7 Å². The summed E-state index contributed by atoms with van der Waals surface area (Å²) in [5.74, 6) is -0.332. The molecule has 0 aliphatic carbocycles. The Hall–Kier alpha value is -3.12. The fraction of sp³-hybridized carbons (Fsp3) is 0.455. The van der Waals surface area contributed by atoms with E-state index in [9.17, 15) is 14.4 Å². The summed E-state index contributed by atoms with van der Waals surface area (Å²) in [7, 11) is 1.66. The summed E-state index contributed by atoms with van der Waals surface area (Å²) in [4.78, 5) is 53.1. The molecule has 0 atom stereocenters. The first kappa shape index (κ1) is 24.0. The lowest BCUT2D eigenvalue weighted by Gasteiger charge is -2.30. The third-order valence-corrected chi connectivity index (χ3v) is 7.63. The van der Waals surface area contributed by atoms with E-state index in [0.717, 1.165) is 28.6 Å². The lowest BCUT2D eigenvalue weighted by Crippen LogP contribution is -2.37. The first-order valence-electron chi connectivity index (χ1n) is 11.0. The molecule has 1 aliphatic rings. The SMILES string of the molecule is CCOC(=O)c1nc(NC(=O)c2csc(C3CCN(C(=O)c4sc(C)nc4C)CC3)n2)cn1C. The summed E-state index contributed by atoms with van der Waals surface area (Å²) in [5, 5.41) is 6.19. The number of hydrogen-bond donors (Lipinski definition) is 1. The van der Waals surface area contributed by atoms with Gasteiger partial charge in [-0.2, -0.15) is 0 Å². The molecule has 4 rings (SSSR count). The normalized spacial score (nSPS) is 14.3. The summed E-state index contributed by atoms with van der Waals surface area (Å²) < 4.78 is 6.47. The second kappa shape index (κ2) is 10.0. The predicted octanol–water partition coefficient (Wildman–Crippen LogP) is 3.40. The van der Waals surface area contributed by atoms with Crippen molar-refractivity contribution < 1.29 is 19.1 Å². The second-order valence-electron chi connectivity index (χ2n) is 8.02. The third-order valence-electron chi connectivity index (χ3n) is 5.56. The van der Waals surface area contributed by atoms with Gasteiger partial charge in [0, 0.05) is 37.6 Å². The number of likely N-dealkylation sites (tertiary alicyclic amines) is 1. The largest absolute Gasteiger partial charge is 0.460 e. The maximum atomic E-state index is 12.8. The van der Waals surface area contributed by atoms with Crippen molar-refractivity contribution >= 4 is 46.3 Å². The highest BCUT2D eigenvalue weighted by molar-refractivity contribution is 7.13. The van der Waals surface area contributed by atoms with Crippen molar-refractivity contribution in [1.29, 1.82) is 0 Å². The third kappa shape index (κ3) is 5.02. The molecule has 1 saturated heterocycles. The molecule has 0 bridgehead atoms. The molecule has 4 heterocycles. The summed E-state index contributed by atoms with van der Waals surface area (Å²) >= 11 is 2.88. The molecular formula is C22H26N6O4S2. The molecule has 0 spiro atoms. The molecule has 180 valence electrons. The van der Waals surface area contributed by atoms with E-state index in [1.165, 1.54) is 27.2 Å². The summed E-state index contributed by atoms with van der Waals surface area (Å²) in [5.41, 5.74) is 1.09. The number of nitrogens with zero attached hydrogens (tertiary/aromatic N) is 5. The van der Waals surface area contributed by atoms with Gasteiger partial charge in [0.05, 0.1) is 22.3 Å². The summed E-state index contributed by atoms with van der Waals surface area (Å²) in [6, 6.07) is 0. The number of esters is 1. The Bertz CT molecular complexity index is 1220. The molecule has 10 nitrogen and oxygen atoms in total. The van der Waals surface area contributed by atoms with Gasteiger partial charge in [-0.3, -0.25) is 9.59 Å². The average molecular weight is 503 g/mol. The lowest BCUT2D eigenvalue weighted by molar-refractivity contribution is 0.0507. The van der Waals surface area contributed by atoms with Crippen LogP contribution in [0.15, 0.2) is 11.6 Å². The number of nitrogens with one attached hydrogen (secondary N) is 1. The smallest absolute Gasteiger partial charge is 0.374 e. The maximum absolute atomic E-state index is 12.8. The number of aryl methyl sites for hydroxylation is 3. The number of carbonyl (C=O) groups excluding carboxylic acids is 3. The van der Waals surface area contributed by atoms with Crippen molar-refractivity contribution in [1.82, 2.24) is 24.4 Å². The number of piperidine rings is 1. The Morgan fingerprint density at radius 3 is 2.56 bits per heavy atom. The van der Waals surface area contributed by atoms with Crippen LogP contribution in [0, 0.1) is 13.8 Å². The number of carbonyl (C=O) groups is 3. The zero-order valence-corrected chi connectivity index (χ0v) is 21.1. The zero-order chi connectivity index (χ0) is 24.4. The van der Waals surface area contributed by atoms with Crippen LogP contribution in [0.3, 0.4) is 0 Å². The monoisotopic (exact) mass is 502 g/mol. The summed E-state index contributed by atoms with van der Waals surface area (Å²) in [6.07, 6.45) is 3.14. The van der Waals surface area contributed by atoms with Crippen molar-refractivity contribution in [2.75, 3.05) is 25.0 Å². The lowest BCUT2D eigenvalue weighted by atomic mass is 9.97. The van der Waals surface area contributed by atoms with Gasteiger partial charge in [0.2, 0.25) is 5.82 Å². The molecule has 12 heteroatoms. The molecule has 0 unspecified atom stereocenters. The summed E-state index contributed by atoms with van der Waals surface area (Å²) in [6.45, 7) is 7.02. The van der Waals surface area contributed by atoms with Crippen LogP contribution in [0.4, 0.5) is 5.82 Å². The van der Waals surface area contributed by atoms with E-state index in [1.54, 1.807) is 25.5 Å². The Morgan fingerprint density at radius 1 is 1.18 bits per heavy atom. The molecule has 34 heavy (non-hydrogen) atoms. The Labute approximate surface area is 205 Å². The van der Waals surface area contributed by atoms with Crippen LogP contribution in [0.25, 0.3) is 0 Å². The van der Waals surface area contributed by atoms with Crippen LogP contribution in [-0.2, 0) is 11.8 Å². The molecule has 0 radical (unpaired) electrons. The minimum absolute atomic E-state index is 0.0401. The van der Waals surface area contributed by atoms with Crippen LogP contribution in [-0.4, -0.2) is 61.9 Å². The predicted molar refractivity (Wildman–Crippen MR) is 129 cm³/mol. The number of ether oxygens (including phenoxy) is 1. The van der Waals surface area contributed by atoms with Gasteiger partial charge < -0.3 is 19.5 Å². The van der Waals surface area contributed by atoms with Crippen LogP contribution in [0.5, 0.6) is 0 Å². The standard InChI is InChI=1S/C22H26N6O4S2/c1-5-32-22(31)18-25-16(10-27(18)4)26-19(29)15-11-33-20(24-15)14-6-8-28(9-7-14)21(30)17-12(2)23-13(3)34-17/h10-11,14H,5-9H2,1-4H3,(H,26,29). The molecule has 3 aromatic rings. The molecule has 1 aliphatic heterocycles. The van der Waals surface area contributed by atoms with Crippen molar-refractivity contribution in [2.24, 2.45) is 7.05 Å². The van der Waals surface area contributed by atoms with E-state index in [1.807, 2.05) is 18.7 Å².